The topological polar surface area (TPSA) is 90.2 Å². The normalized spacial score (nSPS) is 16.0. The largest absolute Gasteiger partial charge is 0.464 e. The molecular weight excluding hydrogens is 620 g/mol. The number of pyridine rings is 1. The summed E-state index contributed by atoms with van der Waals surface area (Å²) in [6.45, 7) is 14.3. The average Bonchev–Trinajstić information content (AvgIpc) is 3.36. The maximum Gasteiger partial charge on any atom is 0.289 e. The van der Waals surface area contributed by atoms with Crippen molar-refractivity contribution in [2.45, 2.75) is 52.7 Å². The van der Waals surface area contributed by atoms with Crippen molar-refractivity contribution in [3.8, 4) is 22.6 Å². The molecule has 0 atom stereocenters. The van der Waals surface area contributed by atoms with Gasteiger partial charge < -0.3 is 29.0 Å². The number of rotatable bonds is 10. The van der Waals surface area contributed by atoms with E-state index in [1.807, 2.05) is 41.6 Å². The van der Waals surface area contributed by atoms with Crippen LogP contribution in [0.4, 0.5) is 14.5 Å². The predicted molar refractivity (Wildman–Crippen MR) is 182 cm³/mol. The van der Waals surface area contributed by atoms with Gasteiger partial charge in [-0.25, -0.2) is 18.8 Å². The highest BCUT2D eigenvalue weighted by Crippen LogP contribution is 2.40. The zero-order valence-corrected chi connectivity index (χ0v) is 28.5. The highest BCUT2D eigenvalue weighted by molar-refractivity contribution is 6.76. The van der Waals surface area contributed by atoms with Crippen LogP contribution in [0.2, 0.25) is 25.7 Å². The summed E-state index contributed by atoms with van der Waals surface area (Å²) < 4.78 is 50.5. The second-order valence-electron chi connectivity index (χ2n) is 14.2. The maximum atomic E-state index is 15.5. The number of amides is 1. The summed E-state index contributed by atoms with van der Waals surface area (Å²) in [6.07, 6.45) is 4.46. The van der Waals surface area contributed by atoms with Crippen LogP contribution >= 0.6 is 0 Å². The van der Waals surface area contributed by atoms with E-state index in [0.29, 0.717) is 36.4 Å². The first kappa shape index (κ1) is 32.6. The van der Waals surface area contributed by atoms with Crippen LogP contribution in [0.1, 0.15) is 30.6 Å². The Morgan fingerprint density at radius 1 is 1.09 bits per heavy atom. The molecule has 4 aromatic rings. The van der Waals surface area contributed by atoms with Crippen molar-refractivity contribution in [3.63, 3.8) is 0 Å². The lowest BCUT2D eigenvalue weighted by molar-refractivity contribution is 0.0652. The zero-order chi connectivity index (χ0) is 33.3. The summed E-state index contributed by atoms with van der Waals surface area (Å²) in [5, 5.41) is 3.42. The number of carbonyl (C=O) groups excluding carboxylic acids is 1. The van der Waals surface area contributed by atoms with Gasteiger partial charge >= 0.3 is 0 Å². The fraction of sp³-hybridized carbons (Fsp3) is 0.400. The number of hydrogen-bond donors (Lipinski definition) is 1. The molecule has 0 radical (unpaired) electrons. The number of halogens is 2. The molecule has 4 heterocycles. The second-order valence-corrected chi connectivity index (χ2v) is 19.8. The molecule has 248 valence electrons. The van der Waals surface area contributed by atoms with Crippen molar-refractivity contribution >= 4 is 36.7 Å². The SMILES string of the molecule is CC1(C)CN=C(Nc2cc(F)c(Oc3ccnc4c3c(-c3ccc(C(=O)N5CCC5)cc3)cn4COCC[Si](C)(C)C)c(F)c2)OC1. The van der Waals surface area contributed by atoms with Gasteiger partial charge in [0.05, 0.1) is 18.5 Å². The predicted octanol–water partition coefficient (Wildman–Crippen LogP) is 7.76. The van der Waals surface area contributed by atoms with E-state index in [9.17, 15) is 4.79 Å². The van der Waals surface area contributed by atoms with Crippen LogP contribution in [-0.4, -0.2) is 67.3 Å². The molecule has 0 unspecified atom stereocenters. The number of aliphatic imine (C=N–C) groups is 1. The number of fused-ring (bicyclic) bond motifs is 1. The third kappa shape index (κ3) is 7.49. The first-order chi connectivity index (χ1) is 22.4. The molecule has 12 heteroatoms. The Hall–Kier alpha value is -4.29. The van der Waals surface area contributed by atoms with E-state index in [2.05, 4.69) is 34.9 Å². The second kappa shape index (κ2) is 13.1. The lowest BCUT2D eigenvalue weighted by atomic mass is 9.95. The van der Waals surface area contributed by atoms with Crippen LogP contribution < -0.4 is 10.1 Å². The molecule has 2 aromatic heterocycles. The number of nitrogens with zero attached hydrogens (tertiary/aromatic N) is 4. The molecule has 47 heavy (non-hydrogen) atoms. The third-order valence-corrected chi connectivity index (χ3v) is 9.95. The van der Waals surface area contributed by atoms with Crippen LogP contribution in [0, 0.1) is 17.0 Å². The Kier molecular flexibility index (Phi) is 9.08. The van der Waals surface area contributed by atoms with Gasteiger partial charge in [-0.3, -0.25) is 4.79 Å². The molecule has 9 nitrogen and oxygen atoms in total. The minimum absolute atomic E-state index is 0.00145. The van der Waals surface area contributed by atoms with Crippen LogP contribution in [0.5, 0.6) is 11.5 Å². The van der Waals surface area contributed by atoms with Crippen molar-refractivity contribution in [3.05, 3.63) is 72.1 Å². The van der Waals surface area contributed by atoms with Crippen LogP contribution in [0.25, 0.3) is 22.2 Å². The Morgan fingerprint density at radius 2 is 1.81 bits per heavy atom. The highest BCUT2D eigenvalue weighted by atomic mass is 28.3. The van der Waals surface area contributed by atoms with E-state index in [1.54, 1.807) is 24.4 Å². The number of nitrogens with one attached hydrogen (secondary N) is 1. The fourth-order valence-electron chi connectivity index (χ4n) is 5.30. The quantitative estimate of drug-likeness (QED) is 0.138. The number of benzene rings is 2. The van der Waals surface area contributed by atoms with E-state index in [4.69, 9.17) is 14.2 Å². The molecule has 2 aromatic carbocycles. The van der Waals surface area contributed by atoms with Crippen LogP contribution in [0.15, 0.2) is 59.9 Å². The first-order valence-electron chi connectivity index (χ1n) is 15.9. The summed E-state index contributed by atoms with van der Waals surface area (Å²) in [6, 6.07) is 12.4. The molecule has 0 saturated carbocycles. The van der Waals surface area contributed by atoms with Crippen LogP contribution in [-0.2, 0) is 16.2 Å². The Balaban J connectivity index is 1.32. The molecule has 6 rings (SSSR count). The monoisotopic (exact) mass is 661 g/mol. The molecule has 0 bridgehead atoms. The molecule has 1 N–H and O–H groups in total. The van der Waals surface area contributed by atoms with Gasteiger partial charge in [-0.15, -0.1) is 0 Å². The first-order valence-corrected chi connectivity index (χ1v) is 19.6. The Labute approximate surface area is 274 Å². The van der Waals surface area contributed by atoms with Gasteiger partial charge in [0.2, 0.25) is 0 Å². The zero-order valence-electron chi connectivity index (χ0n) is 27.5. The average molecular weight is 662 g/mol. The minimum atomic E-state index is -1.29. The van der Waals surface area contributed by atoms with Gasteiger partial charge in [-0.05, 0) is 36.2 Å². The number of anilines is 1. The number of amidine groups is 1. The van der Waals surface area contributed by atoms with Gasteiger partial charge in [0.15, 0.2) is 17.4 Å². The van der Waals surface area contributed by atoms with E-state index < -0.39 is 25.5 Å². The number of hydrogen-bond acceptors (Lipinski definition) is 7. The van der Waals surface area contributed by atoms with E-state index >= 15 is 8.78 Å². The molecular formula is C35H41F2N5O4Si. The smallest absolute Gasteiger partial charge is 0.289 e. The van der Waals surface area contributed by atoms with Crippen molar-refractivity contribution in [2.75, 3.05) is 38.2 Å². The number of ether oxygens (including phenoxy) is 3. The summed E-state index contributed by atoms with van der Waals surface area (Å²) in [4.78, 5) is 23.5. The standard InChI is InChI=1S/C35H41F2N5O4Si/c1-35(2)20-39-34(45-21-35)40-25-17-27(36)31(28(37)18-25)46-29-11-12-38-32-30(29)26(19-42(32)22-44-15-16-47(3,4)5)23-7-9-24(10-8-23)33(43)41-13-6-14-41/h7-12,17-19H,6,13-16,20-22H2,1-5H3,(H,39,40). The molecule has 2 aliphatic heterocycles. The van der Waals surface area contributed by atoms with Gasteiger partial charge in [0, 0.05) is 74.5 Å². The molecule has 0 aliphatic carbocycles. The third-order valence-electron chi connectivity index (χ3n) is 8.24. The molecule has 0 spiro atoms. The molecule has 1 saturated heterocycles. The summed E-state index contributed by atoms with van der Waals surface area (Å²) >= 11 is 0. The number of likely N-dealkylation sites (tertiary alicyclic amines) is 1. The van der Waals surface area contributed by atoms with Crippen molar-refractivity contribution in [1.29, 1.82) is 0 Å². The van der Waals surface area contributed by atoms with E-state index in [-0.39, 0.29) is 35.5 Å². The summed E-state index contributed by atoms with van der Waals surface area (Å²) in [5.41, 5.74) is 2.72. The lowest BCUT2D eigenvalue weighted by Crippen LogP contribution is -2.41. The Bertz CT molecular complexity index is 1790. The number of aromatic nitrogens is 2. The molecule has 1 fully saturated rings. The van der Waals surface area contributed by atoms with E-state index in [1.165, 1.54) is 0 Å². The minimum Gasteiger partial charge on any atom is -0.464 e. The van der Waals surface area contributed by atoms with Gasteiger partial charge in [-0.1, -0.05) is 45.6 Å². The lowest BCUT2D eigenvalue weighted by Gasteiger charge is -2.30. The summed E-state index contributed by atoms with van der Waals surface area (Å²) in [5.74, 6) is -2.09. The van der Waals surface area contributed by atoms with Crippen LogP contribution in [0.3, 0.4) is 0 Å². The fourth-order valence-corrected chi connectivity index (χ4v) is 6.06. The maximum absolute atomic E-state index is 15.5. The summed E-state index contributed by atoms with van der Waals surface area (Å²) in [7, 11) is -1.29. The molecule has 2 aliphatic rings. The number of carbonyl (C=O) groups is 1. The van der Waals surface area contributed by atoms with Gasteiger partial charge in [0.25, 0.3) is 11.9 Å². The van der Waals surface area contributed by atoms with E-state index in [0.717, 1.165) is 48.8 Å². The van der Waals surface area contributed by atoms with Crippen molar-refractivity contribution < 1.29 is 27.8 Å². The molecule has 1 amide bonds. The van der Waals surface area contributed by atoms with Gasteiger partial charge in [-0.2, -0.15) is 0 Å². The van der Waals surface area contributed by atoms with Crippen molar-refractivity contribution in [2.24, 2.45) is 10.4 Å². The Morgan fingerprint density at radius 3 is 2.43 bits per heavy atom. The van der Waals surface area contributed by atoms with Gasteiger partial charge in [0.1, 0.15) is 18.1 Å². The van der Waals surface area contributed by atoms with Crippen molar-refractivity contribution in [1.82, 2.24) is 14.5 Å². The highest BCUT2D eigenvalue weighted by Gasteiger charge is 2.26.